The molecule has 22 heavy (non-hydrogen) atoms. The summed E-state index contributed by atoms with van der Waals surface area (Å²) in [5, 5.41) is 12.4. The van der Waals surface area contributed by atoms with Crippen molar-refractivity contribution in [3.63, 3.8) is 0 Å². The van der Waals surface area contributed by atoms with Crippen LogP contribution in [0.5, 0.6) is 0 Å². The zero-order valence-electron chi connectivity index (χ0n) is 12.6. The van der Waals surface area contributed by atoms with Gasteiger partial charge in [-0.2, -0.15) is 15.0 Å². The Labute approximate surface area is 133 Å². The molecule has 114 valence electrons. The number of hydrogen-bond donors (Lipinski definition) is 1. The van der Waals surface area contributed by atoms with Crippen LogP contribution in [0.25, 0.3) is 10.1 Å². The molecule has 0 spiro atoms. The van der Waals surface area contributed by atoms with Gasteiger partial charge in [0, 0.05) is 4.70 Å². The van der Waals surface area contributed by atoms with Crippen LogP contribution in [-0.4, -0.2) is 26.9 Å². The molecular weight excluding hydrogens is 296 g/mol. The number of carbonyl (C=O) groups excluding carboxylic acids is 1. The van der Waals surface area contributed by atoms with Crippen molar-refractivity contribution in [3.05, 3.63) is 47.6 Å². The Morgan fingerprint density at radius 1 is 1.27 bits per heavy atom. The van der Waals surface area contributed by atoms with E-state index < -0.39 is 0 Å². The zero-order valence-corrected chi connectivity index (χ0v) is 13.4. The van der Waals surface area contributed by atoms with Crippen LogP contribution in [0.15, 0.2) is 42.7 Å². The van der Waals surface area contributed by atoms with Crippen molar-refractivity contribution in [2.24, 2.45) is 5.92 Å². The molecular formula is C16H18N4OS. The van der Waals surface area contributed by atoms with Crippen LogP contribution in [-0.2, 0) is 6.54 Å². The summed E-state index contributed by atoms with van der Waals surface area (Å²) in [6.07, 6.45) is 3.29. The SMILES string of the molecule is CC(C)[C@H](Cn1nccn1)NC(=O)c1cc2ccccc2s1. The first-order chi connectivity index (χ1) is 10.6. The monoisotopic (exact) mass is 314 g/mol. The largest absolute Gasteiger partial charge is 0.346 e. The maximum Gasteiger partial charge on any atom is 0.261 e. The van der Waals surface area contributed by atoms with Crippen LogP contribution in [0.2, 0.25) is 0 Å². The van der Waals surface area contributed by atoms with Gasteiger partial charge in [-0.1, -0.05) is 32.0 Å². The molecule has 6 heteroatoms. The smallest absolute Gasteiger partial charge is 0.261 e. The summed E-state index contributed by atoms with van der Waals surface area (Å²) < 4.78 is 1.13. The Kier molecular flexibility index (Phi) is 4.20. The summed E-state index contributed by atoms with van der Waals surface area (Å²) in [6, 6.07) is 9.96. The molecule has 0 aliphatic rings. The van der Waals surface area contributed by atoms with E-state index in [2.05, 4.69) is 29.4 Å². The Hall–Kier alpha value is -2.21. The predicted molar refractivity (Wildman–Crippen MR) is 87.9 cm³/mol. The molecule has 0 saturated carbocycles. The number of thiophene rings is 1. The molecule has 3 aromatic rings. The number of nitrogens with zero attached hydrogens (tertiary/aromatic N) is 3. The second-order valence-corrected chi connectivity index (χ2v) is 6.64. The van der Waals surface area contributed by atoms with E-state index in [4.69, 9.17) is 0 Å². The Morgan fingerprint density at radius 3 is 2.68 bits per heavy atom. The molecule has 0 saturated heterocycles. The van der Waals surface area contributed by atoms with Crippen molar-refractivity contribution >= 4 is 27.3 Å². The molecule has 5 nitrogen and oxygen atoms in total. The predicted octanol–water partition coefficient (Wildman–Crippen LogP) is 2.95. The van der Waals surface area contributed by atoms with Gasteiger partial charge >= 0.3 is 0 Å². The summed E-state index contributed by atoms with van der Waals surface area (Å²) >= 11 is 1.52. The van der Waals surface area contributed by atoms with Crippen molar-refractivity contribution in [3.8, 4) is 0 Å². The molecule has 1 amide bonds. The lowest BCUT2D eigenvalue weighted by molar-refractivity contribution is 0.0922. The molecule has 0 bridgehead atoms. The van der Waals surface area contributed by atoms with Crippen molar-refractivity contribution in [1.82, 2.24) is 20.3 Å². The molecule has 1 atom stereocenters. The van der Waals surface area contributed by atoms with Crippen molar-refractivity contribution < 1.29 is 4.79 Å². The van der Waals surface area contributed by atoms with Gasteiger partial charge in [0.2, 0.25) is 0 Å². The number of nitrogens with one attached hydrogen (secondary N) is 1. The van der Waals surface area contributed by atoms with Crippen LogP contribution in [0, 0.1) is 5.92 Å². The minimum absolute atomic E-state index is 0.00916. The highest BCUT2D eigenvalue weighted by Gasteiger charge is 2.19. The highest BCUT2D eigenvalue weighted by Crippen LogP contribution is 2.25. The first-order valence-corrected chi connectivity index (χ1v) is 8.08. The minimum Gasteiger partial charge on any atom is -0.346 e. The summed E-state index contributed by atoms with van der Waals surface area (Å²) in [5.41, 5.74) is 0. The van der Waals surface area contributed by atoms with Gasteiger partial charge in [-0.05, 0) is 23.4 Å². The minimum atomic E-state index is -0.0351. The maximum absolute atomic E-state index is 12.5. The van der Waals surface area contributed by atoms with Crippen molar-refractivity contribution in [1.29, 1.82) is 0 Å². The average Bonchev–Trinajstić information content (AvgIpc) is 3.15. The highest BCUT2D eigenvalue weighted by atomic mass is 32.1. The number of rotatable bonds is 5. The lowest BCUT2D eigenvalue weighted by Crippen LogP contribution is -2.41. The molecule has 3 rings (SSSR count). The summed E-state index contributed by atoms with van der Waals surface area (Å²) in [7, 11) is 0. The van der Waals surface area contributed by atoms with Crippen LogP contribution < -0.4 is 5.32 Å². The van der Waals surface area contributed by atoms with Crippen LogP contribution in [0.1, 0.15) is 23.5 Å². The molecule has 0 unspecified atom stereocenters. The molecule has 0 aliphatic heterocycles. The fraction of sp³-hybridized carbons (Fsp3) is 0.312. The number of benzene rings is 1. The number of hydrogen-bond acceptors (Lipinski definition) is 4. The van der Waals surface area contributed by atoms with Gasteiger partial charge in [0.05, 0.1) is 29.9 Å². The fourth-order valence-corrected chi connectivity index (χ4v) is 3.24. The van der Waals surface area contributed by atoms with E-state index >= 15 is 0 Å². The van der Waals surface area contributed by atoms with Gasteiger partial charge < -0.3 is 5.32 Å². The van der Waals surface area contributed by atoms with E-state index in [1.807, 2.05) is 30.3 Å². The van der Waals surface area contributed by atoms with Crippen LogP contribution >= 0.6 is 11.3 Å². The normalized spacial score (nSPS) is 12.7. The van der Waals surface area contributed by atoms with Gasteiger partial charge in [0.25, 0.3) is 5.91 Å². The third-order valence-electron chi connectivity index (χ3n) is 3.60. The van der Waals surface area contributed by atoms with Gasteiger partial charge in [0.1, 0.15) is 0 Å². The van der Waals surface area contributed by atoms with Gasteiger partial charge in [-0.3, -0.25) is 4.79 Å². The molecule has 1 aromatic carbocycles. The fourth-order valence-electron chi connectivity index (χ4n) is 2.27. The Morgan fingerprint density at radius 2 is 2.00 bits per heavy atom. The van der Waals surface area contributed by atoms with E-state index in [1.54, 1.807) is 17.2 Å². The quantitative estimate of drug-likeness (QED) is 0.787. The molecule has 0 fully saturated rings. The van der Waals surface area contributed by atoms with Crippen LogP contribution in [0.4, 0.5) is 0 Å². The Balaban J connectivity index is 1.75. The van der Waals surface area contributed by atoms with E-state index in [0.29, 0.717) is 12.5 Å². The standard InChI is InChI=1S/C16H18N4OS/c1-11(2)13(10-20-17-7-8-18-20)19-16(21)15-9-12-5-3-4-6-14(12)22-15/h3-9,11,13H,10H2,1-2H3,(H,19,21)/t13-/m0/s1. The average molecular weight is 314 g/mol. The number of aromatic nitrogens is 3. The summed E-state index contributed by atoms with van der Waals surface area (Å²) in [4.78, 5) is 14.9. The van der Waals surface area contributed by atoms with Gasteiger partial charge in [-0.25, -0.2) is 0 Å². The molecule has 2 aromatic heterocycles. The highest BCUT2D eigenvalue weighted by molar-refractivity contribution is 7.20. The lowest BCUT2D eigenvalue weighted by atomic mass is 10.0. The zero-order chi connectivity index (χ0) is 15.5. The van der Waals surface area contributed by atoms with Gasteiger partial charge in [0.15, 0.2) is 0 Å². The van der Waals surface area contributed by atoms with Gasteiger partial charge in [-0.15, -0.1) is 11.3 Å². The molecule has 0 radical (unpaired) electrons. The maximum atomic E-state index is 12.5. The third kappa shape index (κ3) is 3.17. The van der Waals surface area contributed by atoms with E-state index in [1.165, 1.54) is 11.3 Å². The summed E-state index contributed by atoms with van der Waals surface area (Å²) in [5.74, 6) is 0.261. The second kappa shape index (κ2) is 6.27. The second-order valence-electron chi connectivity index (χ2n) is 5.56. The van der Waals surface area contributed by atoms with E-state index in [-0.39, 0.29) is 11.9 Å². The number of carbonyl (C=O) groups is 1. The van der Waals surface area contributed by atoms with Crippen molar-refractivity contribution in [2.45, 2.75) is 26.4 Å². The molecule has 1 N–H and O–H groups in total. The third-order valence-corrected chi connectivity index (χ3v) is 4.71. The lowest BCUT2D eigenvalue weighted by Gasteiger charge is -2.21. The first-order valence-electron chi connectivity index (χ1n) is 7.27. The van der Waals surface area contributed by atoms with E-state index in [9.17, 15) is 4.79 Å². The molecule has 2 heterocycles. The summed E-state index contributed by atoms with van der Waals surface area (Å²) in [6.45, 7) is 4.74. The number of amides is 1. The Bertz CT molecular complexity index is 730. The topological polar surface area (TPSA) is 59.8 Å². The van der Waals surface area contributed by atoms with Crippen molar-refractivity contribution in [2.75, 3.05) is 0 Å². The molecule has 0 aliphatic carbocycles. The van der Waals surface area contributed by atoms with Crippen LogP contribution in [0.3, 0.4) is 0 Å². The van der Waals surface area contributed by atoms with E-state index in [0.717, 1.165) is 15.0 Å². The number of fused-ring (bicyclic) bond motifs is 1. The first kappa shape index (κ1) is 14.7.